The van der Waals surface area contributed by atoms with Crippen molar-refractivity contribution in [2.45, 2.75) is 32.2 Å². The van der Waals surface area contributed by atoms with Crippen molar-refractivity contribution in [3.63, 3.8) is 0 Å². The van der Waals surface area contributed by atoms with E-state index in [1.54, 1.807) is 0 Å². The molecule has 1 fully saturated rings. The molecule has 2 N–H and O–H groups in total. The first-order chi connectivity index (χ1) is 7.27. The Labute approximate surface area is 92.4 Å². The first kappa shape index (κ1) is 12.5. The van der Waals surface area contributed by atoms with Gasteiger partial charge in [0, 0.05) is 32.1 Å². The van der Waals surface area contributed by atoms with E-state index in [0.717, 1.165) is 26.2 Å². The molecular weight excluding hydrogens is 190 g/mol. The van der Waals surface area contributed by atoms with Gasteiger partial charge in [0.25, 0.3) is 0 Å². The van der Waals surface area contributed by atoms with Crippen LogP contribution in [0.1, 0.15) is 26.2 Å². The fourth-order valence-electron chi connectivity index (χ4n) is 2.19. The summed E-state index contributed by atoms with van der Waals surface area (Å²) in [4.78, 5) is 13.7. The molecule has 0 radical (unpaired) electrons. The Kier molecular flexibility index (Phi) is 5.65. The van der Waals surface area contributed by atoms with E-state index in [9.17, 15) is 4.79 Å². The predicted octanol–water partition coefficient (Wildman–Crippen LogP) is 0.196. The molecule has 0 bridgehead atoms. The minimum absolute atomic E-state index is 0.174. The molecule has 4 heteroatoms. The molecular formula is C11H23N3O. The van der Waals surface area contributed by atoms with Crippen LogP contribution in [-0.4, -0.2) is 50.1 Å². The van der Waals surface area contributed by atoms with Crippen molar-refractivity contribution in [1.82, 2.24) is 15.5 Å². The third-order valence-electron chi connectivity index (χ3n) is 2.94. The van der Waals surface area contributed by atoms with Crippen molar-refractivity contribution in [3.05, 3.63) is 0 Å². The number of amides is 1. The molecule has 1 unspecified atom stereocenters. The van der Waals surface area contributed by atoms with Gasteiger partial charge in [0.2, 0.25) is 5.91 Å². The lowest BCUT2D eigenvalue weighted by Crippen LogP contribution is -2.39. The summed E-state index contributed by atoms with van der Waals surface area (Å²) in [5.74, 6) is 0.174. The molecule has 0 saturated carbocycles. The zero-order valence-corrected chi connectivity index (χ0v) is 9.88. The minimum atomic E-state index is 0.174. The normalized spacial score (nSPS) is 21.9. The van der Waals surface area contributed by atoms with Gasteiger partial charge in [-0.25, -0.2) is 0 Å². The van der Waals surface area contributed by atoms with Crippen molar-refractivity contribution < 1.29 is 4.79 Å². The molecule has 1 amide bonds. The van der Waals surface area contributed by atoms with Crippen molar-refractivity contribution in [3.8, 4) is 0 Å². The number of carbonyl (C=O) groups excluding carboxylic acids is 1. The average Bonchev–Trinajstić information content (AvgIpc) is 2.64. The fraction of sp³-hybridized carbons (Fsp3) is 0.909. The molecule has 0 aliphatic carbocycles. The summed E-state index contributed by atoms with van der Waals surface area (Å²) >= 11 is 0. The number of likely N-dealkylation sites (tertiary alicyclic amines) is 1. The molecule has 0 spiro atoms. The summed E-state index contributed by atoms with van der Waals surface area (Å²) in [5, 5.41) is 6.05. The van der Waals surface area contributed by atoms with E-state index in [0.29, 0.717) is 12.5 Å². The van der Waals surface area contributed by atoms with Gasteiger partial charge in [0.05, 0.1) is 0 Å². The number of hydrogen-bond acceptors (Lipinski definition) is 3. The minimum Gasteiger partial charge on any atom is -0.356 e. The Morgan fingerprint density at radius 2 is 2.33 bits per heavy atom. The highest BCUT2D eigenvalue weighted by atomic mass is 16.1. The molecule has 4 nitrogen and oxygen atoms in total. The zero-order chi connectivity index (χ0) is 11.1. The predicted molar refractivity (Wildman–Crippen MR) is 61.8 cm³/mol. The Balaban J connectivity index is 2.22. The van der Waals surface area contributed by atoms with Crippen LogP contribution in [-0.2, 0) is 4.79 Å². The second kappa shape index (κ2) is 6.80. The molecule has 1 rings (SSSR count). The van der Waals surface area contributed by atoms with Crippen molar-refractivity contribution in [1.29, 1.82) is 0 Å². The lowest BCUT2D eigenvalue weighted by Gasteiger charge is -2.23. The van der Waals surface area contributed by atoms with Crippen LogP contribution in [0.25, 0.3) is 0 Å². The Bertz CT molecular complexity index is 196. The average molecular weight is 213 g/mol. The summed E-state index contributed by atoms with van der Waals surface area (Å²) in [6, 6.07) is 0.629. The van der Waals surface area contributed by atoms with Gasteiger partial charge >= 0.3 is 0 Å². The molecule has 0 aromatic heterocycles. The first-order valence-electron chi connectivity index (χ1n) is 5.93. The van der Waals surface area contributed by atoms with Gasteiger partial charge < -0.3 is 10.6 Å². The summed E-state index contributed by atoms with van der Waals surface area (Å²) in [7, 11) is 1.99. The maximum Gasteiger partial charge on any atom is 0.221 e. The van der Waals surface area contributed by atoms with Gasteiger partial charge in [-0.3, -0.25) is 9.69 Å². The van der Waals surface area contributed by atoms with E-state index in [4.69, 9.17) is 0 Å². The summed E-state index contributed by atoms with van der Waals surface area (Å²) in [5.41, 5.74) is 0. The molecule has 1 aliphatic heterocycles. The molecule has 0 aromatic carbocycles. The van der Waals surface area contributed by atoms with Gasteiger partial charge in [-0.15, -0.1) is 0 Å². The third kappa shape index (κ3) is 4.18. The van der Waals surface area contributed by atoms with Crippen molar-refractivity contribution in [2.24, 2.45) is 0 Å². The van der Waals surface area contributed by atoms with Gasteiger partial charge in [-0.1, -0.05) is 0 Å². The Morgan fingerprint density at radius 1 is 1.53 bits per heavy atom. The Hall–Kier alpha value is -0.610. The zero-order valence-electron chi connectivity index (χ0n) is 9.88. The van der Waals surface area contributed by atoms with Crippen LogP contribution < -0.4 is 10.6 Å². The van der Waals surface area contributed by atoms with Crippen LogP contribution in [0.5, 0.6) is 0 Å². The quantitative estimate of drug-likeness (QED) is 0.662. The molecule has 1 heterocycles. The van der Waals surface area contributed by atoms with Crippen molar-refractivity contribution in [2.75, 3.05) is 33.2 Å². The molecule has 1 saturated heterocycles. The van der Waals surface area contributed by atoms with Crippen LogP contribution in [0, 0.1) is 0 Å². The van der Waals surface area contributed by atoms with E-state index in [2.05, 4.69) is 15.5 Å². The highest BCUT2D eigenvalue weighted by Crippen LogP contribution is 2.16. The second-order valence-corrected chi connectivity index (χ2v) is 4.09. The number of likely N-dealkylation sites (N-methyl/N-ethyl adjacent to an activating group) is 1. The van der Waals surface area contributed by atoms with Gasteiger partial charge in [-0.05, 0) is 33.4 Å². The standard InChI is InChI=1S/C11H23N3O/c1-3-13-11(15)6-8-14-7-4-5-10(14)9-12-2/h10,12H,3-9H2,1-2H3,(H,13,15). The first-order valence-corrected chi connectivity index (χ1v) is 5.93. The lowest BCUT2D eigenvalue weighted by molar-refractivity contribution is -0.121. The van der Waals surface area contributed by atoms with Crippen LogP contribution in [0.4, 0.5) is 0 Å². The van der Waals surface area contributed by atoms with Crippen LogP contribution >= 0.6 is 0 Å². The maximum atomic E-state index is 11.3. The van der Waals surface area contributed by atoms with Crippen LogP contribution in [0.2, 0.25) is 0 Å². The third-order valence-corrected chi connectivity index (χ3v) is 2.94. The smallest absolute Gasteiger partial charge is 0.221 e. The van der Waals surface area contributed by atoms with E-state index in [-0.39, 0.29) is 5.91 Å². The van der Waals surface area contributed by atoms with Gasteiger partial charge in [0.15, 0.2) is 0 Å². The Morgan fingerprint density at radius 3 is 3.00 bits per heavy atom. The monoisotopic (exact) mass is 213 g/mol. The number of rotatable bonds is 6. The number of nitrogens with zero attached hydrogens (tertiary/aromatic N) is 1. The fourth-order valence-corrected chi connectivity index (χ4v) is 2.19. The van der Waals surface area contributed by atoms with E-state index in [1.807, 2.05) is 14.0 Å². The number of nitrogens with one attached hydrogen (secondary N) is 2. The van der Waals surface area contributed by atoms with Gasteiger partial charge in [0.1, 0.15) is 0 Å². The second-order valence-electron chi connectivity index (χ2n) is 4.09. The van der Waals surface area contributed by atoms with E-state index >= 15 is 0 Å². The molecule has 1 aliphatic rings. The molecule has 15 heavy (non-hydrogen) atoms. The topological polar surface area (TPSA) is 44.4 Å². The SMILES string of the molecule is CCNC(=O)CCN1CCCC1CNC. The van der Waals surface area contributed by atoms with Gasteiger partial charge in [-0.2, -0.15) is 0 Å². The molecule has 88 valence electrons. The summed E-state index contributed by atoms with van der Waals surface area (Å²) in [6.45, 7) is 5.77. The number of carbonyl (C=O) groups is 1. The highest BCUT2D eigenvalue weighted by molar-refractivity contribution is 5.75. The summed E-state index contributed by atoms with van der Waals surface area (Å²) < 4.78 is 0. The van der Waals surface area contributed by atoms with E-state index < -0.39 is 0 Å². The van der Waals surface area contributed by atoms with Crippen LogP contribution in [0.15, 0.2) is 0 Å². The summed E-state index contributed by atoms with van der Waals surface area (Å²) in [6.07, 6.45) is 3.16. The van der Waals surface area contributed by atoms with Crippen LogP contribution in [0.3, 0.4) is 0 Å². The largest absolute Gasteiger partial charge is 0.356 e. The maximum absolute atomic E-state index is 11.3. The molecule has 1 atom stereocenters. The number of hydrogen-bond donors (Lipinski definition) is 2. The molecule has 0 aromatic rings. The highest BCUT2D eigenvalue weighted by Gasteiger charge is 2.23. The van der Waals surface area contributed by atoms with Crippen molar-refractivity contribution >= 4 is 5.91 Å². The lowest BCUT2D eigenvalue weighted by atomic mass is 10.2. The van der Waals surface area contributed by atoms with E-state index in [1.165, 1.54) is 12.8 Å².